The molecule has 1 atom stereocenters. The first-order valence-electron chi connectivity index (χ1n) is 7.72. The highest BCUT2D eigenvalue weighted by molar-refractivity contribution is 6.42. The van der Waals surface area contributed by atoms with Gasteiger partial charge in [0, 0.05) is 25.8 Å². The average Bonchev–Trinajstić information content (AvgIpc) is 2.87. The Hall–Kier alpha value is -1.79. The fourth-order valence-corrected chi connectivity index (χ4v) is 2.58. The van der Waals surface area contributed by atoms with E-state index in [9.17, 15) is 9.59 Å². The lowest BCUT2D eigenvalue weighted by Crippen LogP contribution is -2.34. The molecule has 0 fully saturated rings. The maximum absolute atomic E-state index is 12.0. The van der Waals surface area contributed by atoms with Crippen LogP contribution in [0.4, 0.5) is 5.69 Å². The molecule has 1 aromatic carbocycles. The van der Waals surface area contributed by atoms with Crippen molar-refractivity contribution in [1.29, 1.82) is 0 Å². The second-order valence-electron chi connectivity index (χ2n) is 5.70. The Balaban J connectivity index is 1.91. The summed E-state index contributed by atoms with van der Waals surface area (Å²) >= 11 is 12.0. The number of halogens is 2. The quantitative estimate of drug-likeness (QED) is 0.782. The smallest absolute Gasteiger partial charge is 0.225 e. The van der Waals surface area contributed by atoms with Crippen LogP contribution >= 0.6 is 23.2 Å². The summed E-state index contributed by atoms with van der Waals surface area (Å²) in [6.07, 6.45) is 0.919. The highest BCUT2D eigenvalue weighted by Crippen LogP contribution is 2.29. The first-order chi connectivity index (χ1) is 11.4. The van der Waals surface area contributed by atoms with E-state index in [1.807, 2.05) is 13.0 Å². The van der Waals surface area contributed by atoms with Crippen LogP contribution in [0.3, 0.4) is 0 Å². The third-order valence-electron chi connectivity index (χ3n) is 3.57. The van der Waals surface area contributed by atoms with Gasteiger partial charge in [-0.05, 0) is 24.6 Å². The second-order valence-corrected chi connectivity index (χ2v) is 6.52. The molecular formula is C16H20Cl2N4O2. The molecule has 1 heterocycles. The molecule has 0 radical (unpaired) electrons. The Morgan fingerprint density at radius 2 is 2.08 bits per heavy atom. The van der Waals surface area contributed by atoms with Crippen LogP contribution in [0.25, 0.3) is 0 Å². The number of amides is 2. The van der Waals surface area contributed by atoms with Crippen molar-refractivity contribution in [3.63, 3.8) is 0 Å². The molecule has 0 aliphatic carbocycles. The summed E-state index contributed by atoms with van der Waals surface area (Å²) in [5, 5.41) is 12.7. The fraction of sp³-hybridized carbons (Fsp3) is 0.438. The number of anilines is 1. The van der Waals surface area contributed by atoms with Crippen molar-refractivity contribution in [1.82, 2.24) is 10.6 Å². The van der Waals surface area contributed by atoms with Crippen molar-refractivity contribution >= 4 is 46.5 Å². The van der Waals surface area contributed by atoms with Gasteiger partial charge in [0.15, 0.2) is 0 Å². The number of hydrogen-bond donors (Lipinski definition) is 2. The Bertz CT molecular complexity index is 663. The summed E-state index contributed by atoms with van der Waals surface area (Å²) in [6.45, 7) is 4.58. The molecule has 0 saturated carbocycles. The third kappa shape index (κ3) is 5.11. The molecule has 1 unspecified atom stereocenters. The van der Waals surface area contributed by atoms with E-state index >= 15 is 0 Å². The van der Waals surface area contributed by atoms with E-state index in [1.165, 1.54) is 6.92 Å². The normalized spacial score (nSPS) is 16.8. The van der Waals surface area contributed by atoms with Crippen LogP contribution in [0.1, 0.15) is 26.7 Å². The van der Waals surface area contributed by atoms with Crippen LogP contribution in [0.15, 0.2) is 23.3 Å². The Morgan fingerprint density at radius 3 is 2.75 bits per heavy atom. The van der Waals surface area contributed by atoms with Crippen LogP contribution in [0.5, 0.6) is 0 Å². The van der Waals surface area contributed by atoms with Crippen molar-refractivity contribution in [2.24, 2.45) is 11.0 Å². The lowest BCUT2D eigenvalue weighted by molar-refractivity contribution is -0.121. The molecule has 2 N–H and O–H groups in total. The summed E-state index contributed by atoms with van der Waals surface area (Å²) in [6, 6.07) is 5.30. The van der Waals surface area contributed by atoms with Crippen LogP contribution < -0.4 is 15.6 Å². The fourth-order valence-electron chi connectivity index (χ4n) is 2.29. The highest BCUT2D eigenvalue weighted by Gasteiger charge is 2.25. The van der Waals surface area contributed by atoms with Gasteiger partial charge in [0.1, 0.15) is 5.84 Å². The van der Waals surface area contributed by atoms with Gasteiger partial charge in [0.2, 0.25) is 11.8 Å². The van der Waals surface area contributed by atoms with E-state index < -0.39 is 0 Å². The van der Waals surface area contributed by atoms with E-state index in [-0.39, 0.29) is 17.7 Å². The first kappa shape index (κ1) is 18.5. The Morgan fingerprint density at radius 1 is 1.33 bits per heavy atom. The second kappa shape index (κ2) is 8.35. The number of hydrogen-bond acceptors (Lipinski definition) is 4. The minimum Gasteiger partial charge on any atom is -0.356 e. The van der Waals surface area contributed by atoms with Gasteiger partial charge in [-0.15, -0.1) is 0 Å². The number of amidine groups is 1. The zero-order valence-corrected chi connectivity index (χ0v) is 15.1. The zero-order chi connectivity index (χ0) is 17.7. The third-order valence-corrected chi connectivity index (χ3v) is 4.30. The molecule has 0 saturated heterocycles. The molecule has 0 aromatic heterocycles. The van der Waals surface area contributed by atoms with Crippen LogP contribution in [0, 0.1) is 5.92 Å². The Kier molecular flexibility index (Phi) is 6.45. The van der Waals surface area contributed by atoms with Gasteiger partial charge in [-0.1, -0.05) is 30.1 Å². The summed E-state index contributed by atoms with van der Waals surface area (Å²) in [5.74, 6) is 0.521. The van der Waals surface area contributed by atoms with Gasteiger partial charge in [-0.3, -0.25) is 14.6 Å². The van der Waals surface area contributed by atoms with Crippen LogP contribution in [-0.4, -0.2) is 30.7 Å². The van der Waals surface area contributed by atoms with Gasteiger partial charge in [-0.25, -0.2) is 0 Å². The van der Waals surface area contributed by atoms with E-state index in [1.54, 1.807) is 17.1 Å². The van der Waals surface area contributed by atoms with Crippen molar-refractivity contribution in [3.8, 4) is 0 Å². The molecule has 8 heteroatoms. The molecule has 2 amide bonds. The molecule has 0 spiro atoms. The Labute approximate surface area is 151 Å². The topological polar surface area (TPSA) is 73.8 Å². The average molecular weight is 371 g/mol. The number of benzene rings is 1. The lowest BCUT2D eigenvalue weighted by atomic mass is 10.1. The number of hydrazone groups is 1. The van der Waals surface area contributed by atoms with Crippen molar-refractivity contribution in [2.45, 2.75) is 26.7 Å². The minimum atomic E-state index is -0.109. The molecule has 1 aliphatic heterocycles. The van der Waals surface area contributed by atoms with E-state index in [4.69, 9.17) is 23.2 Å². The van der Waals surface area contributed by atoms with Gasteiger partial charge < -0.3 is 10.6 Å². The highest BCUT2D eigenvalue weighted by atomic mass is 35.5. The van der Waals surface area contributed by atoms with Crippen LogP contribution in [-0.2, 0) is 9.59 Å². The molecular weight excluding hydrogens is 351 g/mol. The predicted octanol–water partition coefficient (Wildman–Crippen LogP) is 2.80. The van der Waals surface area contributed by atoms with E-state index in [0.29, 0.717) is 41.8 Å². The largest absolute Gasteiger partial charge is 0.356 e. The summed E-state index contributed by atoms with van der Waals surface area (Å²) in [5.41, 5.74) is 0.825. The van der Waals surface area contributed by atoms with Crippen LogP contribution in [0.2, 0.25) is 10.0 Å². The predicted molar refractivity (Wildman–Crippen MR) is 96.5 cm³/mol. The molecule has 6 nitrogen and oxygen atoms in total. The van der Waals surface area contributed by atoms with Crippen molar-refractivity contribution < 1.29 is 9.59 Å². The molecule has 1 aromatic rings. The van der Waals surface area contributed by atoms with Crippen molar-refractivity contribution in [2.75, 3.05) is 18.1 Å². The number of rotatable bonds is 5. The lowest BCUT2D eigenvalue weighted by Gasteiger charge is -2.14. The van der Waals surface area contributed by atoms with Gasteiger partial charge in [0.25, 0.3) is 0 Å². The monoisotopic (exact) mass is 370 g/mol. The van der Waals surface area contributed by atoms with Gasteiger partial charge >= 0.3 is 0 Å². The number of carbonyl (C=O) groups is 2. The van der Waals surface area contributed by atoms with Gasteiger partial charge in [0.05, 0.1) is 22.3 Å². The standard InChI is InChI=1S/C16H20Cl2N4O2/c1-10-9-22(12-5-6-13(17)14(18)8-12)21-16(10)20-15(24)4-3-7-19-11(2)23/h5-6,8,10H,3-4,7,9H2,1-2H3,(H,19,23)(H,20,21,24). The summed E-state index contributed by atoms with van der Waals surface area (Å²) in [4.78, 5) is 22.7. The zero-order valence-electron chi connectivity index (χ0n) is 13.6. The summed E-state index contributed by atoms with van der Waals surface area (Å²) < 4.78 is 0. The SMILES string of the molecule is CC(=O)NCCCC(=O)NC1=NN(c2ccc(Cl)c(Cl)c2)CC1C. The number of carbonyl (C=O) groups excluding carboxylic acids is 2. The maximum atomic E-state index is 12.0. The number of nitrogens with zero attached hydrogens (tertiary/aromatic N) is 2. The van der Waals surface area contributed by atoms with Gasteiger partial charge in [-0.2, -0.15) is 5.10 Å². The molecule has 24 heavy (non-hydrogen) atoms. The maximum Gasteiger partial charge on any atom is 0.225 e. The van der Waals surface area contributed by atoms with E-state index in [2.05, 4.69) is 15.7 Å². The van der Waals surface area contributed by atoms with E-state index in [0.717, 1.165) is 5.69 Å². The molecule has 0 bridgehead atoms. The summed E-state index contributed by atoms with van der Waals surface area (Å²) in [7, 11) is 0. The molecule has 130 valence electrons. The number of nitrogens with one attached hydrogen (secondary N) is 2. The molecule has 1 aliphatic rings. The van der Waals surface area contributed by atoms with Crippen molar-refractivity contribution in [3.05, 3.63) is 28.2 Å². The first-order valence-corrected chi connectivity index (χ1v) is 8.47. The molecule has 2 rings (SSSR count). The minimum absolute atomic E-state index is 0.0959.